The number of ether oxygens (including phenoxy) is 1. The Morgan fingerprint density at radius 3 is 2.55 bits per heavy atom. The van der Waals surface area contributed by atoms with Crippen molar-refractivity contribution in [2.45, 2.75) is 24.2 Å². The van der Waals surface area contributed by atoms with Crippen molar-refractivity contribution < 1.29 is 23.0 Å². The highest BCUT2D eigenvalue weighted by Crippen LogP contribution is 2.45. The van der Waals surface area contributed by atoms with Gasteiger partial charge < -0.3 is 14.7 Å². The summed E-state index contributed by atoms with van der Waals surface area (Å²) in [5.41, 5.74) is 2.98. The van der Waals surface area contributed by atoms with Crippen LogP contribution in [0.2, 0.25) is 0 Å². The third kappa shape index (κ3) is 4.00. The van der Waals surface area contributed by atoms with Gasteiger partial charge in [-0.15, -0.1) is 0 Å². The Kier molecular flexibility index (Phi) is 5.45. The number of allylic oxidation sites excluding steroid dienone is 3. The smallest absolute Gasteiger partial charge is 0.409 e. The topological polar surface area (TPSA) is 48.0 Å². The summed E-state index contributed by atoms with van der Waals surface area (Å²) < 4.78 is 45.7. The van der Waals surface area contributed by atoms with Gasteiger partial charge in [0.05, 0.1) is 12.8 Å². The van der Waals surface area contributed by atoms with Crippen LogP contribution in [-0.4, -0.2) is 47.9 Å². The summed E-state index contributed by atoms with van der Waals surface area (Å²) >= 11 is 0. The number of methoxy groups -OCH3 is 1. The molecule has 4 rings (SSSR count). The number of hydrogen-bond donors (Lipinski definition) is 2. The van der Waals surface area contributed by atoms with Crippen molar-refractivity contribution in [3.8, 4) is 0 Å². The van der Waals surface area contributed by atoms with Crippen LogP contribution in [0.4, 0.5) is 13.2 Å². The highest BCUT2D eigenvalue weighted by atomic mass is 19.4. The number of rotatable bonds is 5. The average Bonchev–Trinajstić information content (AvgIpc) is 3.21. The molecule has 5 nitrogen and oxygen atoms in total. The maximum atomic E-state index is 13.5. The molecule has 1 aromatic rings. The molecule has 31 heavy (non-hydrogen) atoms. The van der Waals surface area contributed by atoms with Crippen LogP contribution < -0.4 is 5.43 Å². The Morgan fingerprint density at radius 1 is 1.19 bits per heavy atom. The van der Waals surface area contributed by atoms with E-state index in [2.05, 4.69) is 5.43 Å². The first-order chi connectivity index (χ1) is 14.7. The summed E-state index contributed by atoms with van der Waals surface area (Å²) in [6, 6.07) is 7.12. The van der Waals surface area contributed by atoms with E-state index in [0.29, 0.717) is 17.7 Å². The second kappa shape index (κ2) is 7.94. The number of nitrogens with zero attached hydrogens (tertiary/aromatic N) is 2. The molecule has 3 aliphatic heterocycles. The zero-order valence-corrected chi connectivity index (χ0v) is 17.2. The van der Waals surface area contributed by atoms with Gasteiger partial charge in [0, 0.05) is 31.7 Å². The van der Waals surface area contributed by atoms with E-state index in [1.54, 1.807) is 36.4 Å². The molecule has 0 aromatic heterocycles. The standard InChI is InChI=1S/C23H24F3N3O2/c1-28-12-10-16(11-13-28)15-22(30,17-6-4-3-5-7-17)18-8-9-21(31-2)29-19(18)14-20(27-29)23(24,25)26/h3-12,14,20,27,30H,13,15H2,1-2H3. The van der Waals surface area contributed by atoms with Gasteiger partial charge in [0.15, 0.2) is 0 Å². The van der Waals surface area contributed by atoms with E-state index in [1.165, 1.54) is 12.1 Å². The van der Waals surface area contributed by atoms with E-state index in [0.717, 1.165) is 11.6 Å². The largest absolute Gasteiger partial charge is 0.481 e. The van der Waals surface area contributed by atoms with Gasteiger partial charge in [0.1, 0.15) is 11.6 Å². The van der Waals surface area contributed by atoms with Crippen LogP contribution in [0.25, 0.3) is 0 Å². The molecular formula is C23H24F3N3O2. The zero-order chi connectivity index (χ0) is 22.2. The molecule has 0 radical (unpaired) electrons. The molecule has 0 aliphatic carbocycles. The minimum absolute atomic E-state index is 0.213. The summed E-state index contributed by atoms with van der Waals surface area (Å²) in [7, 11) is 3.33. The van der Waals surface area contributed by atoms with E-state index in [1.807, 2.05) is 36.4 Å². The highest BCUT2D eigenvalue weighted by molar-refractivity contribution is 5.52. The Bertz CT molecular complexity index is 995. The van der Waals surface area contributed by atoms with Crippen molar-refractivity contribution in [3.63, 3.8) is 0 Å². The van der Waals surface area contributed by atoms with Crippen LogP contribution >= 0.6 is 0 Å². The summed E-state index contributed by atoms with van der Waals surface area (Å²) in [5.74, 6) is 0.218. The lowest BCUT2D eigenvalue weighted by molar-refractivity contribution is -0.149. The van der Waals surface area contributed by atoms with E-state index in [-0.39, 0.29) is 18.0 Å². The number of benzene rings is 1. The number of hydrazine groups is 1. The van der Waals surface area contributed by atoms with Crippen molar-refractivity contribution in [1.82, 2.24) is 15.3 Å². The van der Waals surface area contributed by atoms with Gasteiger partial charge in [0.2, 0.25) is 5.88 Å². The number of alkyl halides is 3. The minimum atomic E-state index is -4.49. The molecule has 3 aliphatic rings. The zero-order valence-electron chi connectivity index (χ0n) is 17.2. The molecule has 2 unspecified atom stereocenters. The van der Waals surface area contributed by atoms with Crippen molar-refractivity contribution in [2.75, 3.05) is 20.7 Å². The van der Waals surface area contributed by atoms with Gasteiger partial charge in [-0.3, -0.25) is 0 Å². The summed E-state index contributed by atoms with van der Waals surface area (Å²) in [6.45, 7) is 0.690. The van der Waals surface area contributed by atoms with E-state index < -0.39 is 17.8 Å². The highest BCUT2D eigenvalue weighted by Gasteiger charge is 2.48. The number of halogens is 3. The Morgan fingerprint density at radius 2 is 1.94 bits per heavy atom. The number of aliphatic hydroxyl groups is 1. The molecule has 3 heterocycles. The molecule has 0 saturated heterocycles. The Balaban J connectivity index is 1.81. The molecule has 164 valence electrons. The molecule has 2 atom stereocenters. The van der Waals surface area contributed by atoms with E-state index in [9.17, 15) is 18.3 Å². The average molecular weight is 431 g/mol. The fourth-order valence-corrected chi connectivity index (χ4v) is 3.97. The predicted octanol–water partition coefficient (Wildman–Crippen LogP) is 3.71. The predicted molar refractivity (Wildman–Crippen MR) is 111 cm³/mol. The van der Waals surface area contributed by atoms with Gasteiger partial charge >= 0.3 is 6.18 Å². The first kappa shape index (κ1) is 21.3. The fourth-order valence-electron chi connectivity index (χ4n) is 3.97. The Labute approximate surface area is 179 Å². The van der Waals surface area contributed by atoms with Crippen LogP contribution in [0.5, 0.6) is 0 Å². The van der Waals surface area contributed by atoms with Crippen LogP contribution in [0.15, 0.2) is 89.6 Å². The molecule has 2 N–H and O–H groups in total. The summed E-state index contributed by atoms with van der Waals surface area (Å²) in [5, 5.41) is 13.3. The van der Waals surface area contributed by atoms with Gasteiger partial charge in [-0.1, -0.05) is 36.4 Å². The summed E-state index contributed by atoms with van der Waals surface area (Å²) in [6.07, 6.45) is 5.84. The third-order valence-electron chi connectivity index (χ3n) is 5.63. The van der Waals surface area contributed by atoms with Crippen LogP contribution in [0.1, 0.15) is 12.0 Å². The van der Waals surface area contributed by atoms with Gasteiger partial charge in [-0.05, 0) is 35.6 Å². The minimum Gasteiger partial charge on any atom is -0.481 e. The lowest BCUT2D eigenvalue weighted by atomic mass is 9.78. The second-order valence-corrected chi connectivity index (χ2v) is 7.76. The van der Waals surface area contributed by atoms with Crippen LogP contribution in [0, 0.1) is 0 Å². The maximum Gasteiger partial charge on any atom is 0.409 e. The second-order valence-electron chi connectivity index (χ2n) is 7.76. The Hall–Kier alpha value is -2.97. The molecule has 8 heteroatoms. The number of likely N-dealkylation sites (N-methyl/N-ethyl adjacent to an activating group) is 1. The molecule has 0 saturated carbocycles. The fraction of sp³-hybridized carbons (Fsp3) is 0.304. The van der Waals surface area contributed by atoms with Crippen molar-refractivity contribution in [3.05, 3.63) is 95.2 Å². The lowest BCUT2D eigenvalue weighted by Crippen LogP contribution is -2.46. The van der Waals surface area contributed by atoms with Crippen molar-refractivity contribution in [2.24, 2.45) is 0 Å². The third-order valence-corrected chi connectivity index (χ3v) is 5.63. The van der Waals surface area contributed by atoms with E-state index >= 15 is 0 Å². The SMILES string of the molecule is COC1=CC=C(C(O)(CC2=CCN(C)C=C2)c2ccccc2)C2=CC(C(F)(F)F)NN12. The van der Waals surface area contributed by atoms with E-state index in [4.69, 9.17) is 4.74 Å². The van der Waals surface area contributed by atoms with Crippen molar-refractivity contribution >= 4 is 0 Å². The quantitative estimate of drug-likeness (QED) is 0.745. The first-order valence-corrected chi connectivity index (χ1v) is 9.89. The molecule has 0 spiro atoms. The van der Waals surface area contributed by atoms with Crippen LogP contribution in [0.3, 0.4) is 0 Å². The number of hydrogen-bond acceptors (Lipinski definition) is 5. The number of nitrogens with one attached hydrogen (secondary N) is 1. The van der Waals surface area contributed by atoms with Gasteiger partial charge in [-0.2, -0.15) is 13.2 Å². The monoisotopic (exact) mass is 431 g/mol. The normalized spacial score (nSPS) is 22.8. The first-order valence-electron chi connectivity index (χ1n) is 9.89. The lowest BCUT2D eigenvalue weighted by Gasteiger charge is -2.38. The number of fused-ring (bicyclic) bond motifs is 1. The van der Waals surface area contributed by atoms with Gasteiger partial charge in [0.25, 0.3) is 0 Å². The maximum absolute atomic E-state index is 13.5. The molecule has 0 fully saturated rings. The molecule has 0 amide bonds. The van der Waals surface area contributed by atoms with Crippen LogP contribution in [-0.2, 0) is 10.3 Å². The van der Waals surface area contributed by atoms with Crippen molar-refractivity contribution in [1.29, 1.82) is 0 Å². The molecule has 0 bridgehead atoms. The molecule has 1 aromatic carbocycles. The summed E-state index contributed by atoms with van der Waals surface area (Å²) in [4.78, 5) is 2.00. The molecular weight excluding hydrogens is 407 g/mol. The van der Waals surface area contributed by atoms with Gasteiger partial charge in [-0.25, -0.2) is 10.4 Å².